The van der Waals surface area contributed by atoms with Gasteiger partial charge in [0.1, 0.15) is 0 Å². The lowest BCUT2D eigenvalue weighted by Gasteiger charge is -2.49. The first-order chi connectivity index (χ1) is 14.6. The lowest BCUT2D eigenvalue weighted by molar-refractivity contribution is -0.0571. The van der Waals surface area contributed by atoms with Gasteiger partial charge in [-0.15, -0.1) is 0 Å². The summed E-state index contributed by atoms with van der Waals surface area (Å²) in [5.74, 6) is 0.428. The Morgan fingerprint density at radius 1 is 0.867 bits per heavy atom. The van der Waals surface area contributed by atoms with Gasteiger partial charge in [0.25, 0.3) is 0 Å². The molecule has 0 aromatic heterocycles. The molecule has 30 heavy (non-hydrogen) atoms. The maximum Gasteiger partial charge on any atom is 0.0941 e. The highest BCUT2D eigenvalue weighted by Gasteiger charge is 2.45. The zero-order chi connectivity index (χ0) is 20.3. The Labute approximate surface area is 183 Å². The molecular formula is C27H26ClNO. The molecule has 1 N–H and O–H groups in total. The third-order valence-electron chi connectivity index (χ3n) is 7.61. The molecule has 3 aromatic rings. The van der Waals surface area contributed by atoms with Gasteiger partial charge in [0.05, 0.1) is 5.60 Å². The van der Waals surface area contributed by atoms with Gasteiger partial charge >= 0.3 is 0 Å². The molecule has 0 radical (unpaired) electrons. The SMILES string of the molecule is O[C@]1(c2ccccc2Cl)CCN2C[C@@H]3c4ccccc4CCc4cccc(c43)[C@H]2C1. The topological polar surface area (TPSA) is 23.5 Å². The van der Waals surface area contributed by atoms with Crippen LogP contribution in [-0.4, -0.2) is 23.1 Å². The van der Waals surface area contributed by atoms with Crippen molar-refractivity contribution in [3.8, 4) is 0 Å². The molecule has 3 atom stereocenters. The minimum atomic E-state index is -0.877. The lowest BCUT2D eigenvalue weighted by Crippen LogP contribution is -2.48. The number of benzene rings is 3. The smallest absolute Gasteiger partial charge is 0.0941 e. The first-order valence-corrected chi connectivity index (χ1v) is 11.4. The van der Waals surface area contributed by atoms with E-state index in [0.717, 1.165) is 37.9 Å². The fourth-order valence-electron chi connectivity index (χ4n) is 6.16. The van der Waals surface area contributed by atoms with Crippen LogP contribution in [0, 0.1) is 0 Å². The molecule has 6 rings (SSSR count). The number of aryl methyl sites for hydroxylation is 2. The monoisotopic (exact) mass is 415 g/mol. The van der Waals surface area contributed by atoms with Crippen LogP contribution in [-0.2, 0) is 18.4 Å². The van der Waals surface area contributed by atoms with Gasteiger partial charge in [-0.3, -0.25) is 4.90 Å². The summed E-state index contributed by atoms with van der Waals surface area (Å²) in [5.41, 5.74) is 7.40. The van der Waals surface area contributed by atoms with Crippen LogP contribution >= 0.6 is 11.6 Å². The highest BCUT2D eigenvalue weighted by atomic mass is 35.5. The molecule has 1 saturated heterocycles. The van der Waals surface area contributed by atoms with E-state index < -0.39 is 5.60 Å². The second-order valence-electron chi connectivity index (χ2n) is 9.15. The van der Waals surface area contributed by atoms with Crippen molar-refractivity contribution in [3.63, 3.8) is 0 Å². The van der Waals surface area contributed by atoms with Crippen LogP contribution in [0.15, 0.2) is 66.7 Å². The summed E-state index contributed by atoms with van der Waals surface area (Å²) in [5, 5.41) is 12.4. The van der Waals surface area contributed by atoms with Gasteiger partial charge in [-0.05, 0) is 53.1 Å². The molecule has 2 nitrogen and oxygen atoms in total. The van der Waals surface area contributed by atoms with Gasteiger partial charge in [-0.2, -0.15) is 0 Å². The predicted molar refractivity (Wildman–Crippen MR) is 121 cm³/mol. The average Bonchev–Trinajstić information content (AvgIpc) is 2.93. The molecule has 0 bridgehead atoms. The van der Waals surface area contributed by atoms with E-state index in [9.17, 15) is 5.11 Å². The molecule has 3 aromatic carbocycles. The van der Waals surface area contributed by atoms with E-state index in [0.29, 0.717) is 17.4 Å². The van der Waals surface area contributed by atoms with Crippen LogP contribution in [0.5, 0.6) is 0 Å². The lowest BCUT2D eigenvalue weighted by atomic mass is 9.72. The van der Waals surface area contributed by atoms with E-state index in [1.807, 2.05) is 24.3 Å². The number of rotatable bonds is 1. The third kappa shape index (κ3) is 2.78. The molecule has 0 spiro atoms. The zero-order valence-electron chi connectivity index (χ0n) is 17.0. The Hall–Kier alpha value is -2.13. The molecule has 0 amide bonds. The van der Waals surface area contributed by atoms with E-state index in [1.54, 1.807) is 0 Å². The highest BCUT2D eigenvalue weighted by molar-refractivity contribution is 6.31. The number of hydrogen-bond donors (Lipinski definition) is 1. The van der Waals surface area contributed by atoms with Crippen molar-refractivity contribution in [3.05, 3.63) is 105 Å². The molecule has 2 heterocycles. The average molecular weight is 416 g/mol. The summed E-state index contributed by atoms with van der Waals surface area (Å²) in [6.45, 7) is 1.92. The van der Waals surface area contributed by atoms with E-state index in [-0.39, 0.29) is 6.04 Å². The van der Waals surface area contributed by atoms with E-state index >= 15 is 0 Å². The van der Waals surface area contributed by atoms with E-state index in [4.69, 9.17) is 11.6 Å². The molecule has 0 saturated carbocycles. The van der Waals surface area contributed by atoms with Gasteiger partial charge in [-0.1, -0.05) is 72.3 Å². The molecule has 1 fully saturated rings. The first kappa shape index (κ1) is 18.6. The quantitative estimate of drug-likeness (QED) is 0.558. The van der Waals surface area contributed by atoms with Gasteiger partial charge < -0.3 is 5.11 Å². The minimum absolute atomic E-state index is 0.233. The number of piperidine rings is 1. The van der Waals surface area contributed by atoms with Crippen LogP contribution in [0.4, 0.5) is 0 Å². The van der Waals surface area contributed by atoms with Gasteiger partial charge in [0.2, 0.25) is 0 Å². The molecule has 1 aliphatic carbocycles. The van der Waals surface area contributed by atoms with Crippen molar-refractivity contribution in [2.45, 2.75) is 43.2 Å². The van der Waals surface area contributed by atoms with E-state index in [1.165, 1.54) is 27.8 Å². The number of nitrogens with zero attached hydrogens (tertiary/aromatic N) is 1. The maximum atomic E-state index is 11.7. The van der Waals surface area contributed by atoms with E-state index in [2.05, 4.69) is 47.4 Å². The number of halogens is 1. The van der Waals surface area contributed by atoms with Crippen molar-refractivity contribution in [2.24, 2.45) is 0 Å². The summed E-state index contributed by atoms with van der Waals surface area (Å²) in [7, 11) is 0. The molecular weight excluding hydrogens is 390 g/mol. The van der Waals surface area contributed by atoms with Crippen LogP contribution in [0.2, 0.25) is 5.02 Å². The van der Waals surface area contributed by atoms with Crippen LogP contribution in [0.1, 0.15) is 58.2 Å². The van der Waals surface area contributed by atoms with Gasteiger partial charge in [-0.25, -0.2) is 0 Å². The van der Waals surface area contributed by atoms with Crippen molar-refractivity contribution < 1.29 is 5.11 Å². The molecule has 2 aliphatic heterocycles. The fraction of sp³-hybridized carbons (Fsp3) is 0.333. The molecule has 0 unspecified atom stereocenters. The Morgan fingerprint density at radius 2 is 1.60 bits per heavy atom. The van der Waals surface area contributed by atoms with Crippen LogP contribution in [0.25, 0.3) is 0 Å². The Bertz CT molecular complexity index is 1130. The van der Waals surface area contributed by atoms with Crippen LogP contribution < -0.4 is 0 Å². The largest absolute Gasteiger partial charge is 0.385 e. The van der Waals surface area contributed by atoms with Crippen LogP contribution in [0.3, 0.4) is 0 Å². The maximum absolute atomic E-state index is 11.7. The Balaban J connectivity index is 1.46. The van der Waals surface area contributed by atoms with Gasteiger partial charge in [0, 0.05) is 42.1 Å². The van der Waals surface area contributed by atoms with Crippen molar-refractivity contribution in [1.82, 2.24) is 4.90 Å². The van der Waals surface area contributed by atoms with Crippen molar-refractivity contribution in [1.29, 1.82) is 0 Å². The van der Waals surface area contributed by atoms with Crippen molar-refractivity contribution >= 4 is 11.6 Å². The minimum Gasteiger partial charge on any atom is -0.385 e. The number of aliphatic hydroxyl groups is 1. The summed E-state index contributed by atoms with van der Waals surface area (Å²) in [4.78, 5) is 2.60. The van der Waals surface area contributed by atoms with Gasteiger partial charge in [0.15, 0.2) is 0 Å². The second-order valence-corrected chi connectivity index (χ2v) is 9.55. The molecule has 3 heteroatoms. The second kappa shape index (κ2) is 6.95. The Kier molecular flexibility index (Phi) is 4.31. The number of hydrogen-bond acceptors (Lipinski definition) is 2. The summed E-state index contributed by atoms with van der Waals surface area (Å²) in [6, 6.07) is 23.9. The Morgan fingerprint density at radius 3 is 2.50 bits per heavy atom. The zero-order valence-corrected chi connectivity index (χ0v) is 17.8. The summed E-state index contributed by atoms with van der Waals surface area (Å²) >= 11 is 6.51. The third-order valence-corrected chi connectivity index (χ3v) is 7.94. The fourth-order valence-corrected chi connectivity index (χ4v) is 6.47. The van der Waals surface area contributed by atoms with Crippen molar-refractivity contribution in [2.75, 3.05) is 13.1 Å². The standard InChI is InChI=1S/C27H26ClNO/c28-24-11-4-3-10-23(24)27(30)14-15-29-17-22-20-8-2-1-6-18(20)12-13-19-7-5-9-21(26(19)22)25(29)16-27/h1-11,22,25,30H,12-17H2/t22-,25-,27-/m1/s1. The summed E-state index contributed by atoms with van der Waals surface area (Å²) < 4.78 is 0. The number of fused-ring (bicyclic) bond motifs is 4. The summed E-state index contributed by atoms with van der Waals surface area (Å²) in [6.07, 6.45) is 3.62. The highest BCUT2D eigenvalue weighted by Crippen LogP contribution is 2.51. The molecule has 152 valence electrons. The first-order valence-electron chi connectivity index (χ1n) is 11.0. The normalized spacial score (nSPS) is 27.5. The molecule has 3 aliphatic rings. The predicted octanol–water partition coefficient (Wildman–Crippen LogP) is 5.61.